The van der Waals surface area contributed by atoms with E-state index in [4.69, 9.17) is 3.07 Å². The molecule has 0 bridgehead atoms. The zero-order valence-electron chi connectivity index (χ0n) is 7.48. The quantitative estimate of drug-likeness (QED) is 0.684. The lowest BCUT2D eigenvalue weighted by atomic mass is 9.76. The molecule has 76 valence electrons. The van der Waals surface area contributed by atoms with Gasteiger partial charge in [0.2, 0.25) is 0 Å². The Kier molecular flexibility index (Phi) is 3.67. The Morgan fingerprint density at radius 1 is 1.31 bits per heavy atom. The normalized spacial score (nSPS) is 46.5. The van der Waals surface area contributed by atoms with E-state index in [0.717, 1.165) is 0 Å². The first-order valence-electron chi connectivity index (χ1n) is 4.18. The van der Waals surface area contributed by atoms with Crippen LogP contribution in [0.15, 0.2) is 0 Å². The van der Waals surface area contributed by atoms with Crippen LogP contribution in [0.4, 0.5) is 0 Å². The summed E-state index contributed by atoms with van der Waals surface area (Å²) >= 11 is 1.60. The highest BCUT2D eigenvalue weighted by Gasteiger charge is 2.45. The minimum Gasteiger partial charge on any atom is -0.392 e. The van der Waals surface area contributed by atoms with E-state index in [-0.39, 0.29) is 11.7 Å². The van der Waals surface area contributed by atoms with Gasteiger partial charge in [-0.15, -0.1) is 0 Å². The van der Waals surface area contributed by atoms with Gasteiger partial charge in [0.05, 0.1) is 12.2 Å². The van der Waals surface area contributed by atoms with Crippen molar-refractivity contribution in [1.29, 1.82) is 0 Å². The maximum Gasteiger partial charge on any atom is 0.170 e. The minimum atomic E-state index is -0.907. The molecule has 1 aliphatic rings. The van der Waals surface area contributed by atoms with Crippen molar-refractivity contribution in [3.63, 3.8) is 0 Å². The molecule has 0 aromatic rings. The number of rotatable bonds is 1. The largest absolute Gasteiger partial charge is 0.392 e. The van der Waals surface area contributed by atoms with Gasteiger partial charge in [-0.2, -0.15) is 0 Å². The zero-order chi connectivity index (χ0) is 10.2. The first kappa shape index (κ1) is 11.4. The molecular formula is C8H13IO4. The summed E-state index contributed by atoms with van der Waals surface area (Å²) < 4.78 is 4.86. The van der Waals surface area contributed by atoms with Crippen molar-refractivity contribution in [2.24, 2.45) is 11.8 Å². The fourth-order valence-electron chi connectivity index (χ4n) is 1.63. The van der Waals surface area contributed by atoms with Crippen LogP contribution in [-0.2, 0) is 7.86 Å². The highest BCUT2D eigenvalue weighted by molar-refractivity contribution is 14.1. The van der Waals surface area contributed by atoms with Gasteiger partial charge in [-0.25, -0.2) is 0 Å². The number of hydrogen-bond acceptors (Lipinski definition) is 4. The van der Waals surface area contributed by atoms with Crippen LogP contribution >= 0.6 is 23.0 Å². The summed E-state index contributed by atoms with van der Waals surface area (Å²) in [6, 6.07) is 0. The Bertz CT molecular complexity index is 208. The second kappa shape index (κ2) is 4.20. The second-order valence-electron chi connectivity index (χ2n) is 3.54. The molecule has 5 unspecified atom stereocenters. The summed E-state index contributed by atoms with van der Waals surface area (Å²) in [5.41, 5.74) is 0. The van der Waals surface area contributed by atoms with Crippen molar-refractivity contribution in [2.75, 3.05) is 0 Å². The van der Waals surface area contributed by atoms with Gasteiger partial charge >= 0.3 is 0 Å². The molecule has 5 atom stereocenters. The van der Waals surface area contributed by atoms with E-state index in [2.05, 4.69) is 0 Å². The molecule has 0 spiro atoms. The molecule has 0 aromatic heterocycles. The first-order valence-corrected chi connectivity index (χ1v) is 5.06. The summed E-state index contributed by atoms with van der Waals surface area (Å²) in [5, 5.41) is 19.1. The van der Waals surface area contributed by atoms with Crippen molar-refractivity contribution in [3.05, 3.63) is 0 Å². The van der Waals surface area contributed by atoms with Crippen LogP contribution in [0.25, 0.3) is 0 Å². The van der Waals surface area contributed by atoms with Crippen LogP contribution in [-0.4, -0.2) is 34.3 Å². The Labute approximate surface area is 91.0 Å². The molecule has 4 nitrogen and oxygen atoms in total. The standard InChI is InChI=1S/C8H13IO4/c1-3-5(10)4(2)7(12)8(13-9)6(3)11/h3-6,8,10-11H,1-2H3. The molecule has 1 rings (SSSR count). The fraction of sp³-hybridized carbons (Fsp3) is 0.875. The van der Waals surface area contributed by atoms with Crippen LogP contribution in [0.5, 0.6) is 0 Å². The molecule has 5 heteroatoms. The van der Waals surface area contributed by atoms with Crippen LogP contribution < -0.4 is 0 Å². The van der Waals surface area contributed by atoms with Gasteiger partial charge in [-0.1, -0.05) is 13.8 Å². The highest BCUT2D eigenvalue weighted by atomic mass is 127. The molecule has 0 aromatic carbocycles. The number of ketones is 1. The summed E-state index contributed by atoms with van der Waals surface area (Å²) in [4.78, 5) is 11.5. The van der Waals surface area contributed by atoms with Crippen molar-refractivity contribution in [1.82, 2.24) is 0 Å². The van der Waals surface area contributed by atoms with Crippen LogP contribution in [0.3, 0.4) is 0 Å². The third-order valence-electron chi connectivity index (χ3n) is 2.73. The molecule has 1 fully saturated rings. The van der Waals surface area contributed by atoms with Crippen LogP contribution in [0.1, 0.15) is 13.8 Å². The molecule has 13 heavy (non-hydrogen) atoms. The van der Waals surface area contributed by atoms with Crippen molar-refractivity contribution < 1.29 is 18.1 Å². The van der Waals surface area contributed by atoms with E-state index in [1.54, 1.807) is 36.9 Å². The monoisotopic (exact) mass is 300 g/mol. The third-order valence-corrected chi connectivity index (χ3v) is 3.27. The summed E-state index contributed by atoms with van der Waals surface area (Å²) in [6.07, 6.45) is -2.48. The van der Waals surface area contributed by atoms with Gasteiger partial charge in [0.1, 0.15) is 23.0 Å². The lowest BCUT2D eigenvalue weighted by Gasteiger charge is -2.37. The molecule has 0 saturated heterocycles. The van der Waals surface area contributed by atoms with E-state index in [0.29, 0.717) is 0 Å². The van der Waals surface area contributed by atoms with E-state index in [1.165, 1.54) is 0 Å². The number of hydrogen-bond donors (Lipinski definition) is 2. The average molecular weight is 300 g/mol. The molecule has 2 N–H and O–H groups in total. The lowest BCUT2D eigenvalue weighted by molar-refractivity contribution is -0.152. The van der Waals surface area contributed by atoms with Crippen molar-refractivity contribution in [2.45, 2.75) is 32.2 Å². The van der Waals surface area contributed by atoms with E-state index < -0.39 is 24.2 Å². The number of aliphatic hydroxyl groups excluding tert-OH is 2. The molecule has 0 radical (unpaired) electrons. The van der Waals surface area contributed by atoms with Crippen molar-refractivity contribution >= 4 is 28.8 Å². The summed E-state index contributed by atoms with van der Waals surface area (Å²) in [6.45, 7) is 3.36. The van der Waals surface area contributed by atoms with Gasteiger partial charge < -0.3 is 13.3 Å². The molecule has 1 saturated carbocycles. The number of aliphatic hydroxyl groups is 2. The van der Waals surface area contributed by atoms with Gasteiger partial charge in [0, 0.05) is 11.8 Å². The van der Waals surface area contributed by atoms with Gasteiger partial charge in [-0.3, -0.25) is 4.79 Å². The predicted octanol–water partition coefficient (Wildman–Crippen LogP) is 0.298. The SMILES string of the molecule is CC1C(=O)C(OI)C(O)C(C)C1O. The Morgan fingerprint density at radius 3 is 2.31 bits per heavy atom. The highest BCUT2D eigenvalue weighted by Crippen LogP contribution is 2.29. The van der Waals surface area contributed by atoms with Crippen molar-refractivity contribution in [3.8, 4) is 0 Å². The predicted molar refractivity (Wildman–Crippen MR) is 54.2 cm³/mol. The average Bonchev–Trinajstić information content (AvgIpc) is 2.13. The van der Waals surface area contributed by atoms with Gasteiger partial charge in [-0.05, 0) is 0 Å². The number of halogens is 1. The van der Waals surface area contributed by atoms with E-state index in [9.17, 15) is 15.0 Å². The van der Waals surface area contributed by atoms with Crippen LogP contribution in [0.2, 0.25) is 0 Å². The first-order chi connectivity index (χ1) is 6.00. The minimum absolute atomic E-state index is 0.229. The lowest BCUT2D eigenvalue weighted by Crippen LogP contribution is -2.54. The molecule has 0 amide bonds. The number of carbonyl (C=O) groups is 1. The maximum absolute atomic E-state index is 11.5. The van der Waals surface area contributed by atoms with E-state index >= 15 is 0 Å². The second-order valence-corrected chi connectivity index (χ2v) is 4.05. The zero-order valence-corrected chi connectivity index (χ0v) is 9.63. The van der Waals surface area contributed by atoms with Gasteiger partial charge in [0.15, 0.2) is 11.9 Å². The Balaban J connectivity index is 2.85. The molecule has 0 aliphatic heterocycles. The smallest absolute Gasteiger partial charge is 0.170 e. The van der Waals surface area contributed by atoms with E-state index in [1.807, 2.05) is 0 Å². The van der Waals surface area contributed by atoms with Gasteiger partial charge in [0.25, 0.3) is 0 Å². The van der Waals surface area contributed by atoms with Crippen LogP contribution in [0, 0.1) is 11.8 Å². The fourth-order valence-corrected chi connectivity index (χ4v) is 2.18. The molecule has 0 heterocycles. The summed E-state index contributed by atoms with van der Waals surface area (Å²) in [7, 11) is 0. The topological polar surface area (TPSA) is 66.8 Å². The maximum atomic E-state index is 11.5. The molecular weight excluding hydrogens is 287 g/mol. The Hall–Kier alpha value is 0.280. The summed E-state index contributed by atoms with van der Waals surface area (Å²) in [5.74, 6) is -1.02. The third kappa shape index (κ3) is 1.88. The number of carbonyl (C=O) groups excluding carboxylic acids is 1. The molecule has 1 aliphatic carbocycles. The Morgan fingerprint density at radius 2 is 1.85 bits per heavy atom. The number of Topliss-reactive ketones (excluding diaryl/α,β-unsaturated/α-hetero) is 1.